The van der Waals surface area contributed by atoms with Gasteiger partial charge in [0.25, 0.3) is 0 Å². The average molecular weight is 378 g/mol. The lowest BCUT2D eigenvalue weighted by molar-refractivity contribution is 0.148. The second-order valence-electron chi connectivity index (χ2n) is 4.62. The summed E-state index contributed by atoms with van der Waals surface area (Å²) in [6.45, 7) is 0. The molecule has 18 heavy (non-hydrogen) atoms. The molecular formula is C14H18Br2O2. The van der Waals surface area contributed by atoms with Gasteiger partial charge in [-0.05, 0) is 59.3 Å². The Morgan fingerprint density at radius 1 is 1.22 bits per heavy atom. The molecule has 0 radical (unpaired) electrons. The van der Waals surface area contributed by atoms with Crippen LogP contribution in [0.4, 0.5) is 0 Å². The van der Waals surface area contributed by atoms with Crippen LogP contribution in [0.3, 0.4) is 0 Å². The van der Waals surface area contributed by atoms with Crippen LogP contribution < -0.4 is 9.47 Å². The molecule has 0 saturated heterocycles. The molecule has 2 rings (SSSR count). The predicted octanol–water partition coefficient (Wildman–Crippen LogP) is 5.06. The van der Waals surface area contributed by atoms with Gasteiger partial charge >= 0.3 is 0 Å². The van der Waals surface area contributed by atoms with Gasteiger partial charge in [-0.15, -0.1) is 0 Å². The summed E-state index contributed by atoms with van der Waals surface area (Å²) < 4.78 is 12.5. The molecule has 4 heteroatoms. The van der Waals surface area contributed by atoms with Crippen LogP contribution in [0.25, 0.3) is 0 Å². The Balaban J connectivity index is 2.19. The molecule has 1 aromatic rings. The summed E-state index contributed by atoms with van der Waals surface area (Å²) in [5.74, 6) is 1.65. The number of rotatable bonds is 4. The van der Waals surface area contributed by atoms with Crippen molar-refractivity contribution in [3.05, 3.63) is 22.2 Å². The molecule has 0 atom stereocenters. The minimum atomic E-state index is 0.332. The smallest absolute Gasteiger partial charge is 0.175 e. The van der Waals surface area contributed by atoms with Crippen LogP contribution in [0.2, 0.25) is 0 Å². The highest BCUT2D eigenvalue weighted by Gasteiger charge is 2.19. The molecule has 0 amide bonds. The van der Waals surface area contributed by atoms with Gasteiger partial charge in [-0.2, -0.15) is 0 Å². The van der Waals surface area contributed by atoms with Gasteiger partial charge in [-0.3, -0.25) is 0 Å². The zero-order valence-electron chi connectivity index (χ0n) is 10.5. The number of halogens is 2. The summed E-state index contributed by atoms with van der Waals surface area (Å²) >= 11 is 7.04. The van der Waals surface area contributed by atoms with Gasteiger partial charge in [0, 0.05) is 5.33 Å². The van der Waals surface area contributed by atoms with Crippen molar-refractivity contribution in [1.29, 1.82) is 0 Å². The Morgan fingerprint density at radius 2 is 1.94 bits per heavy atom. The summed E-state index contributed by atoms with van der Waals surface area (Å²) in [7, 11) is 1.69. The van der Waals surface area contributed by atoms with Crippen LogP contribution in [0, 0.1) is 0 Å². The lowest BCUT2D eigenvalue weighted by atomic mass is 9.98. The van der Waals surface area contributed by atoms with Crippen molar-refractivity contribution in [2.75, 3.05) is 7.11 Å². The molecule has 0 bridgehead atoms. The first-order valence-electron chi connectivity index (χ1n) is 6.33. The number of hydrogen-bond acceptors (Lipinski definition) is 2. The van der Waals surface area contributed by atoms with Crippen molar-refractivity contribution in [1.82, 2.24) is 0 Å². The Kier molecular flexibility index (Phi) is 5.37. The van der Waals surface area contributed by atoms with Crippen molar-refractivity contribution in [2.45, 2.75) is 43.5 Å². The molecule has 2 nitrogen and oxygen atoms in total. The molecule has 0 unspecified atom stereocenters. The van der Waals surface area contributed by atoms with Gasteiger partial charge in [0.05, 0.1) is 17.7 Å². The SMILES string of the molecule is COc1cc(CBr)cc(Br)c1OC1CCCCC1. The molecule has 1 aromatic carbocycles. The van der Waals surface area contributed by atoms with E-state index in [9.17, 15) is 0 Å². The van der Waals surface area contributed by atoms with E-state index < -0.39 is 0 Å². The Morgan fingerprint density at radius 3 is 2.56 bits per heavy atom. The van der Waals surface area contributed by atoms with Crippen molar-refractivity contribution in [2.24, 2.45) is 0 Å². The normalized spacial score (nSPS) is 16.6. The summed E-state index contributed by atoms with van der Waals surface area (Å²) in [5, 5.41) is 0.811. The van der Waals surface area contributed by atoms with E-state index in [1.54, 1.807) is 7.11 Å². The highest BCUT2D eigenvalue weighted by atomic mass is 79.9. The molecule has 0 aromatic heterocycles. The summed E-state index contributed by atoms with van der Waals surface area (Å²) in [6, 6.07) is 4.10. The fourth-order valence-electron chi connectivity index (χ4n) is 2.31. The van der Waals surface area contributed by atoms with Crippen LogP contribution in [-0.2, 0) is 5.33 Å². The molecule has 0 aliphatic heterocycles. The Labute approximate surface area is 125 Å². The van der Waals surface area contributed by atoms with Crippen molar-refractivity contribution >= 4 is 31.9 Å². The molecule has 100 valence electrons. The van der Waals surface area contributed by atoms with E-state index >= 15 is 0 Å². The monoisotopic (exact) mass is 376 g/mol. The number of hydrogen-bond donors (Lipinski definition) is 0. The first-order valence-corrected chi connectivity index (χ1v) is 8.25. The average Bonchev–Trinajstić information content (AvgIpc) is 2.42. The van der Waals surface area contributed by atoms with Crippen LogP contribution in [-0.4, -0.2) is 13.2 Å². The minimum Gasteiger partial charge on any atom is -0.493 e. The maximum Gasteiger partial charge on any atom is 0.175 e. The van der Waals surface area contributed by atoms with Crippen LogP contribution in [0.1, 0.15) is 37.7 Å². The summed E-state index contributed by atoms with van der Waals surface area (Å²) in [5.41, 5.74) is 1.18. The third kappa shape index (κ3) is 3.41. The van der Waals surface area contributed by atoms with Gasteiger partial charge < -0.3 is 9.47 Å². The third-order valence-corrected chi connectivity index (χ3v) is 4.52. The first-order chi connectivity index (χ1) is 8.74. The number of ether oxygens (including phenoxy) is 2. The van der Waals surface area contributed by atoms with E-state index in [1.165, 1.54) is 24.8 Å². The zero-order valence-corrected chi connectivity index (χ0v) is 13.7. The molecule has 1 aliphatic carbocycles. The second-order valence-corrected chi connectivity index (χ2v) is 6.04. The fourth-order valence-corrected chi connectivity index (χ4v) is 3.22. The lowest BCUT2D eigenvalue weighted by Gasteiger charge is -2.24. The van der Waals surface area contributed by atoms with Crippen molar-refractivity contribution < 1.29 is 9.47 Å². The number of alkyl halides is 1. The molecule has 0 heterocycles. The van der Waals surface area contributed by atoms with E-state index in [0.717, 1.165) is 34.1 Å². The Hall–Kier alpha value is -0.220. The van der Waals surface area contributed by atoms with Crippen LogP contribution in [0.15, 0.2) is 16.6 Å². The number of benzene rings is 1. The van der Waals surface area contributed by atoms with E-state index in [-0.39, 0.29) is 0 Å². The molecule has 1 aliphatic rings. The molecule has 0 spiro atoms. The third-order valence-electron chi connectivity index (χ3n) is 3.28. The van der Waals surface area contributed by atoms with Gasteiger partial charge in [0.2, 0.25) is 0 Å². The second kappa shape index (κ2) is 6.80. The lowest BCUT2D eigenvalue weighted by Crippen LogP contribution is -2.20. The minimum absolute atomic E-state index is 0.332. The van der Waals surface area contributed by atoms with Crippen molar-refractivity contribution in [3.63, 3.8) is 0 Å². The Bertz CT molecular complexity index is 401. The van der Waals surface area contributed by atoms with E-state index in [0.29, 0.717) is 6.10 Å². The van der Waals surface area contributed by atoms with E-state index in [4.69, 9.17) is 9.47 Å². The number of methoxy groups -OCH3 is 1. The largest absolute Gasteiger partial charge is 0.493 e. The highest BCUT2D eigenvalue weighted by molar-refractivity contribution is 9.10. The van der Waals surface area contributed by atoms with Crippen LogP contribution >= 0.6 is 31.9 Å². The maximum atomic E-state index is 6.12. The maximum absolute atomic E-state index is 6.12. The standard InChI is InChI=1S/C14H18Br2O2/c1-17-13-8-10(9-15)7-12(16)14(13)18-11-5-3-2-4-6-11/h7-8,11H,2-6,9H2,1H3. The highest BCUT2D eigenvalue weighted by Crippen LogP contribution is 2.39. The molecule has 0 N–H and O–H groups in total. The van der Waals surface area contributed by atoms with Gasteiger partial charge in [-0.1, -0.05) is 22.4 Å². The van der Waals surface area contributed by atoms with Crippen LogP contribution in [0.5, 0.6) is 11.5 Å². The van der Waals surface area contributed by atoms with Gasteiger partial charge in [0.15, 0.2) is 11.5 Å². The molecule has 1 fully saturated rings. The summed E-state index contributed by atoms with van der Waals surface area (Å²) in [4.78, 5) is 0. The fraction of sp³-hybridized carbons (Fsp3) is 0.571. The van der Waals surface area contributed by atoms with Gasteiger partial charge in [-0.25, -0.2) is 0 Å². The summed E-state index contributed by atoms with van der Waals surface area (Å²) in [6.07, 6.45) is 6.50. The van der Waals surface area contributed by atoms with E-state index in [1.807, 2.05) is 6.07 Å². The molecular weight excluding hydrogens is 360 g/mol. The van der Waals surface area contributed by atoms with Gasteiger partial charge in [0.1, 0.15) is 0 Å². The topological polar surface area (TPSA) is 18.5 Å². The molecule has 1 saturated carbocycles. The quantitative estimate of drug-likeness (QED) is 0.682. The first kappa shape index (κ1) is 14.2. The zero-order chi connectivity index (χ0) is 13.0. The predicted molar refractivity (Wildman–Crippen MR) is 80.8 cm³/mol. The van der Waals surface area contributed by atoms with E-state index in [2.05, 4.69) is 37.9 Å². The van der Waals surface area contributed by atoms with Crippen molar-refractivity contribution in [3.8, 4) is 11.5 Å².